The molecule has 6 nitrogen and oxygen atoms in total. The first-order valence-electron chi connectivity index (χ1n) is 8.40. The minimum Gasteiger partial charge on any atom is -0.483 e. The summed E-state index contributed by atoms with van der Waals surface area (Å²) < 4.78 is 4.04. The smallest absolute Gasteiger partial charge is 0.366 e. The van der Waals surface area contributed by atoms with Crippen LogP contribution in [0, 0.1) is 0 Å². The van der Waals surface area contributed by atoms with Gasteiger partial charge in [-0.15, -0.1) is 11.3 Å². The van der Waals surface area contributed by atoms with Gasteiger partial charge in [-0.3, -0.25) is 4.90 Å². The Morgan fingerprint density at radius 3 is 2.77 bits per heavy atom. The maximum absolute atomic E-state index is 13.1. The summed E-state index contributed by atoms with van der Waals surface area (Å²) in [6, 6.07) is 9.30. The molecular weight excluding hydrogens is 372 g/mol. The van der Waals surface area contributed by atoms with Crippen molar-refractivity contribution in [1.82, 2.24) is 9.55 Å². The second-order valence-electron chi connectivity index (χ2n) is 6.07. The monoisotopic (exact) mass is 389 g/mol. The molecule has 0 aliphatic carbocycles. The number of aromatic nitrogens is 3. The first kappa shape index (κ1) is 17.1. The molecule has 0 saturated carbocycles. The standard InChI is InChI=1S/C18H17ClN4O2S/c1-2-22-15(24)14(12-6-4-3-5-7-12)16(25)23-9-8-21(18(22)23)11-13-10-20-17(19)26-13/h3-7,10H,2,8-9,11H2,1H3/p+1. The second kappa shape index (κ2) is 6.74. The van der Waals surface area contributed by atoms with Gasteiger partial charge in [-0.2, -0.15) is 9.13 Å². The average molecular weight is 390 g/mol. The Morgan fingerprint density at radius 1 is 1.35 bits per heavy atom. The zero-order chi connectivity index (χ0) is 18.3. The van der Waals surface area contributed by atoms with Crippen molar-refractivity contribution in [2.45, 2.75) is 26.6 Å². The first-order chi connectivity index (χ1) is 12.6. The third-order valence-corrected chi connectivity index (χ3v) is 5.65. The van der Waals surface area contributed by atoms with Crippen LogP contribution in [0.15, 0.2) is 41.3 Å². The van der Waals surface area contributed by atoms with Gasteiger partial charge in [0.05, 0.1) is 18.0 Å². The molecule has 0 unspecified atom stereocenters. The van der Waals surface area contributed by atoms with Crippen molar-refractivity contribution in [2.75, 3.05) is 11.4 Å². The molecule has 134 valence electrons. The minimum absolute atomic E-state index is 0.0192. The molecular formula is C18H18ClN4O2S+. The highest BCUT2D eigenvalue weighted by molar-refractivity contribution is 7.15. The van der Waals surface area contributed by atoms with Crippen LogP contribution in [-0.2, 0) is 19.6 Å². The molecule has 0 saturated heterocycles. The van der Waals surface area contributed by atoms with Crippen molar-refractivity contribution in [3.8, 4) is 17.0 Å². The molecule has 4 rings (SSSR count). The van der Waals surface area contributed by atoms with Crippen LogP contribution in [0.5, 0.6) is 5.88 Å². The number of aromatic hydroxyl groups is 1. The highest BCUT2D eigenvalue weighted by Gasteiger charge is 2.36. The molecule has 1 aromatic carbocycles. The van der Waals surface area contributed by atoms with Crippen LogP contribution < -0.4 is 15.0 Å². The number of nitrogens with zero attached hydrogens (tertiary/aromatic N) is 4. The molecule has 0 bridgehead atoms. The van der Waals surface area contributed by atoms with E-state index in [9.17, 15) is 9.90 Å². The number of benzene rings is 1. The lowest BCUT2D eigenvalue weighted by Crippen LogP contribution is -2.41. The van der Waals surface area contributed by atoms with E-state index in [0.717, 1.165) is 16.4 Å². The summed E-state index contributed by atoms with van der Waals surface area (Å²) >= 11 is 7.36. The number of thiazole rings is 1. The maximum Gasteiger partial charge on any atom is 0.366 e. The molecule has 8 heteroatoms. The molecule has 0 amide bonds. The highest BCUT2D eigenvalue weighted by atomic mass is 35.5. The largest absolute Gasteiger partial charge is 0.483 e. The fourth-order valence-electron chi connectivity index (χ4n) is 3.40. The Bertz CT molecular complexity index is 1020. The van der Waals surface area contributed by atoms with Crippen molar-refractivity contribution in [2.24, 2.45) is 0 Å². The van der Waals surface area contributed by atoms with Crippen LogP contribution in [0.2, 0.25) is 4.47 Å². The fourth-order valence-corrected chi connectivity index (χ4v) is 4.40. The Labute approximate surface area is 159 Å². The van der Waals surface area contributed by atoms with E-state index in [1.54, 1.807) is 10.8 Å². The Morgan fingerprint density at radius 2 is 2.12 bits per heavy atom. The zero-order valence-electron chi connectivity index (χ0n) is 14.2. The minimum atomic E-state index is -0.184. The zero-order valence-corrected chi connectivity index (χ0v) is 15.8. The van der Waals surface area contributed by atoms with E-state index in [1.165, 1.54) is 11.3 Å². The number of hydrogen-bond donors (Lipinski definition) is 1. The quantitative estimate of drug-likeness (QED) is 0.697. The predicted molar refractivity (Wildman–Crippen MR) is 102 cm³/mol. The third kappa shape index (κ3) is 2.77. The van der Waals surface area contributed by atoms with Crippen LogP contribution in [0.3, 0.4) is 0 Å². The summed E-state index contributed by atoms with van der Waals surface area (Å²) in [5.41, 5.74) is 0.885. The lowest BCUT2D eigenvalue weighted by molar-refractivity contribution is -0.680. The lowest BCUT2D eigenvalue weighted by atomic mass is 10.1. The van der Waals surface area contributed by atoms with E-state index in [-0.39, 0.29) is 11.4 Å². The predicted octanol–water partition coefficient (Wildman–Crippen LogP) is 2.66. The van der Waals surface area contributed by atoms with Crippen molar-refractivity contribution in [1.29, 1.82) is 0 Å². The van der Waals surface area contributed by atoms with Crippen molar-refractivity contribution >= 4 is 28.9 Å². The van der Waals surface area contributed by atoms with Gasteiger partial charge in [0.15, 0.2) is 4.47 Å². The van der Waals surface area contributed by atoms with Gasteiger partial charge in [-0.05, 0) is 12.5 Å². The molecule has 3 heterocycles. The summed E-state index contributed by atoms with van der Waals surface area (Å²) in [4.78, 5) is 20.3. The molecule has 0 fully saturated rings. The molecule has 26 heavy (non-hydrogen) atoms. The average Bonchev–Trinajstić information content (AvgIpc) is 3.24. The molecule has 1 N–H and O–H groups in total. The van der Waals surface area contributed by atoms with Gasteiger partial charge in [0, 0.05) is 6.20 Å². The van der Waals surface area contributed by atoms with E-state index in [0.29, 0.717) is 36.2 Å². The summed E-state index contributed by atoms with van der Waals surface area (Å²) in [6.07, 6.45) is 1.75. The summed E-state index contributed by atoms with van der Waals surface area (Å²) in [6.45, 7) is 4.39. The van der Waals surface area contributed by atoms with Crippen molar-refractivity contribution in [3.05, 3.63) is 56.2 Å². The van der Waals surface area contributed by atoms with E-state index < -0.39 is 0 Å². The number of hydrogen-bond acceptors (Lipinski definition) is 5. The number of rotatable bonds is 4. The topological polar surface area (TPSA) is 62.2 Å². The molecule has 3 aromatic rings. The Balaban J connectivity index is 1.85. The van der Waals surface area contributed by atoms with Gasteiger partial charge in [0.1, 0.15) is 18.7 Å². The lowest BCUT2D eigenvalue weighted by Gasteiger charge is -2.15. The maximum atomic E-state index is 13.1. The fraction of sp³-hybridized carbons (Fsp3) is 0.278. The van der Waals surface area contributed by atoms with Crippen LogP contribution >= 0.6 is 22.9 Å². The van der Waals surface area contributed by atoms with Crippen LogP contribution in [0.4, 0.5) is 5.95 Å². The van der Waals surface area contributed by atoms with Crippen LogP contribution in [0.25, 0.3) is 11.1 Å². The highest BCUT2D eigenvalue weighted by Crippen LogP contribution is 2.28. The van der Waals surface area contributed by atoms with E-state index in [1.807, 2.05) is 41.8 Å². The van der Waals surface area contributed by atoms with E-state index in [4.69, 9.17) is 11.6 Å². The normalized spacial score (nSPS) is 13.2. The Hall–Kier alpha value is -2.38. The summed E-state index contributed by atoms with van der Waals surface area (Å²) in [7, 11) is 0. The number of halogens is 1. The van der Waals surface area contributed by atoms with Gasteiger partial charge in [0.25, 0.3) is 5.88 Å². The summed E-state index contributed by atoms with van der Waals surface area (Å²) in [5.74, 6) is 0.741. The van der Waals surface area contributed by atoms with Crippen molar-refractivity contribution < 1.29 is 9.67 Å². The first-order valence-corrected chi connectivity index (χ1v) is 9.59. The molecule has 0 atom stereocenters. The van der Waals surface area contributed by atoms with Gasteiger partial charge >= 0.3 is 11.5 Å². The molecule has 0 spiro atoms. The third-order valence-electron chi connectivity index (χ3n) is 4.55. The number of anilines is 1. The second-order valence-corrected chi connectivity index (χ2v) is 7.76. The Kier molecular flexibility index (Phi) is 4.42. The molecule has 2 aromatic heterocycles. The van der Waals surface area contributed by atoms with Gasteiger partial charge in [-0.1, -0.05) is 41.9 Å². The van der Waals surface area contributed by atoms with Gasteiger partial charge < -0.3 is 5.11 Å². The van der Waals surface area contributed by atoms with Crippen molar-refractivity contribution in [3.63, 3.8) is 0 Å². The molecule has 0 radical (unpaired) electrons. The van der Waals surface area contributed by atoms with E-state index >= 15 is 0 Å². The number of fused-ring (bicyclic) bond motifs is 1. The van der Waals surface area contributed by atoms with Crippen LogP contribution in [0.1, 0.15) is 11.8 Å². The van der Waals surface area contributed by atoms with Gasteiger partial charge in [0.2, 0.25) is 0 Å². The molecule has 1 aliphatic rings. The summed E-state index contributed by atoms with van der Waals surface area (Å²) in [5, 5.41) is 10.8. The van der Waals surface area contributed by atoms with E-state index in [2.05, 4.69) is 9.88 Å². The molecule has 1 aliphatic heterocycles. The SMILES string of the molecule is CCn1c2[n+](c(O)c(-c3ccccc3)c1=O)CCN2Cc1cnc(Cl)s1. The van der Waals surface area contributed by atoms with Gasteiger partial charge in [-0.25, -0.2) is 9.78 Å². The van der Waals surface area contributed by atoms with Crippen LogP contribution in [-0.4, -0.2) is 21.2 Å².